The molecule has 0 saturated heterocycles. The van der Waals surface area contributed by atoms with Crippen molar-refractivity contribution in [3.05, 3.63) is 18.1 Å². The van der Waals surface area contributed by atoms with E-state index in [1.807, 2.05) is 13.0 Å². The van der Waals surface area contributed by atoms with Gasteiger partial charge in [-0.1, -0.05) is 6.92 Å². The van der Waals surface area contributed by atoms with Gasteiger partial charge in [0.25, 0.3) is 0 Å². The van der Waals surface area contributed by atoms with Gasteiger partial charge in [0.1, 0.15) is 12.1 Å². The SMILES string of the molecule is CCc1cc(NCC(C)OC)ncn1. The minimum atomic E-state index is 0.190. The maximum atomic E-state index is 5.12. The number of aryl methyl sites for hydroxylation is 1. The molecule has 0 spiro atoms. The van der Waals surface area contributed by atoms with Crippen molar-refractivity contribution in [2.75, 3.05) is 19.0 Å². The molecule has 78 valence electrons. The van der Waals surface area contributed by atoms with Crippen molar-refractivity contribution in [1.29, 1.82) is 0 Å². The summed E-state index contributed by atoms with van der Waals surface area (Å²) >= 11 is 0. The van der Waals surface area contributed by atoms with Crippen LogP contribution in [-0.2, 0) is 11.2 Å². The van der Waals surface area contributed by atoms with Gasteiger partial charge < -0.3 is 10.1 Å². The molecular formula is C10H17N3O. The lowest BCUT2D eigenvalue weighted by Crippen LogP contribution is -2.18. The van der Waals surface area contributed by atoms with E-state index in [1.54, 1.807) is 13.4 Å². The summed E-state index contributed by atoms with van der Waals surface area (Å²) in [5.41, 5.74) is 1.05. The average Bonchev–Trinajstić information content (AvgIpc) is 2.26. The molecule has 1 aromatic rings. The molecule has 1 heterocycles. The van der Waals surface area contributed by atoms with Crippen LogP contribution in [-0.4, -0.2) is 29.7 Å². The van der Waals surface area contributed by atoms with Crippen LogP contribution < -0.4 is 5.32 Å². The van der Waals surface area contributed by atoms with Crippen LogP contribution in [0.15, 0.2) is 12.4 Å². The average molecular weight is 195 g/mol. The topological polar surface area (TPSA) is 47.0 Å². The number of hydrogen-bond donors (Lipinski definition) is 1. The molecule has 1 N–H and O–H groups in total. The molecule has 1 unspecified atom stereocenters. The van der Waals surface area contributed by atoms with Crippen LogP contribution in [0.1, 0.15) is 19.5 Å². The zero-order valence-electron chi connectivity index (χ0n) is 8.95. The third kappa shape index (κ3) is 3.30. The smallest absolute Gasteiger partial charge is 0.129 e. The van der Waals surface area contributed by atoms with Crippen molar-refractivity contribution >= 4 is 5.82 Å². The fraction of sp³-hybridized carbons (Fsp3) is 0.600. The van der Waals surface area contributed by atoms with Gasteiger partial charge in [-0.05, 0) is 13.3 Å². The second kappa shape index (κ2) is 5.54. The minimum Gasteiger partial charge on any atom is -0.380 e. The highest BCUT2D eigenvalue weighted by molar-refractivity contribution is 5.34. The number of anilines is 1. The van der Waals surface area contributed by atoms with E-state index in [1.165, 1.54) is 0 Å². The first kappa shape index (κ1) is 10.9. The lowest BCUT2D eigenvalue weighted by atomic mass is 10.3. The van der Waals surface area contributed by atoms with Crippen molar-refractivity contribution in [2.24, 2.45) is 0 Å². The number of methoxy groups -OCH3 is 1. The van der Waals surface area contributed by atoms with Gasteiger partial charge in [0, 0.05) is 25.4 Å². The lowest BCUT2D eigenvalue weighted by molar-refractivity contribution is 0.128. The molecule has 1 atom stereocenters. The molecule has 0 bridgehead atoms. The second-order valence-corrected chi connectivity index (χ2v) is 3.18. The first-order valence-electron chi connectivity index (χ1n) is 4.83. The largest absolute Gasteiger partial charge is 0.380 e. The van der Waals surface area contributed by atoms with E-state index < -0.39 is 0 Å². The summed E-state index contributed by atoms with van der Waals surface area (Å²) in [5.74, 6) is 0.862. The van der Waals surface area contributed by atoms with Crippen LogP contribution in [0.2, 0.25) is 0 Å². The van der Waals surface area contributed by atoms with Crippen LogP contribution in [0.5, 0.6) is 0 Å². The van der Waals surface area contributed by atoms with E-state index >= 15 is 0 Å². The van der Waals surface area contributed by atoms with Crippen molar-refractivity contribution in [3.8, 4) is 0 Å². The zero-order chi connectivity index (χ0) is 10.4. The van der Waals surface area contributed by atoms with Gasteiger partial charge in [-0.25, -0.2) is 9.97 Å². The Balaban J connectivity index is 2.50. The van der Waals surface area contributed by atoms with E-state index in [0.29, 0.717) is 0 Å². The van der Waals surface area contributed by atoms with Crippen molar-refractivity contribution in [3.63, 3.8) is 0 Å². The normalized spacial score (nSPS) is 12.5. The fourth-order valence-corrected chi connectivity index (χ4v) is 1.02. The highest BCUT2D eigenvalue weighted by atomic mass is 16.5. The molecule has 0 saturated carbocycles. The van der Waals surface area contributed by atoms with E-state index in [9.17, 15) is 0 Å². The van der Waals surface area contributed by atoms with Gasteiger partial charge >= 0.3 is 0 Å². The quantitative estimate of drug-likeness (QED) is 0.773. The van der Waals surface area contributed by atoms with Crippen molar-refractivity contribution < 1.29 is 4.74 Å². The monoisotopic (exact) mass is 195 g/mol. The van der Waals surface area contributed by atoms with Crippen LogP contribution in [0.4, 0.5) is 5.82 Å². The number of ether oxygens (including phenoxy) is 1. The van der Waals surface area contributed by atoms with Gasteiger partial charge in [0.15, 0.2) is 0 Å². The molecule has 0 aliphatic rings. The molecule has 0 aromatic carbocycles. The number of nitrogens with one attached hydrogen (secondary N) is 1. The number of rotatable bonds is 5. The lowest BCUT2D eigenvalue weighted by Gasteiger charge is -2.11. The summed E-state index contributed by atoms with van der Waals surface area (Å²) in [7, 11) is 1.70. The Kier molecular flexibility index (Phi) is 4.32. The summed E-state index contributed by atoms with van der Waals surface area (Å²) in [6, 6.07) is 1.96. The second-order valence-electron chi connectivity index (χ2n) is 3.18. The van der Waals surface area contributed by atoms with E-state index in [-0.39, 0.29) is 6.10 Å². The molecule has 1 aromatic heterocycles. The van der Waals surface area contributed by atoms with Gasteiger partial charge in [-0.3, -0.25) is 0 Å². The van der Waals surface area contributed by atoms with Crippen molar-refractivity contribution in [1.82, 2.24) is 9.97 Å². The van der Waals surface area contributed by atoms with Gasteiger partial charge in [-0.15, -0.1) is 0 Å². The summed E-state index contributed by atoms with van der Waals surface area (Å²) in [4.78, 5) is 8.24. The Morgan fingerprint density at radius 3 is 2.93 bits per heavy atom. The minimum absolute atomic E-state index is 0.190. The van der Waals surface area contributed by atoms with Crippen molar-refractivity contribution in [2.45, 2.75) is 26.4 Å². The maximum absolute atomic E-state index is 5.12. The van der Waals surface area contributed by atoms with Crippen LogP contribution in [0, 0.1) is 0 Å². The number of nitrogens with zero attached hydrogens (tertiary/aromatic N) is 2. The highest BCUT2D eigenvalue weighted by Gasteiger charge is 2.00. The van der Waals surface area contributed by atoms with Crippen LogP contribution >= 0.6 is 0 Å². The van der Waals surface area contributed by atoms with Crippen LogP contribution in [0.25, 0.3) is 0 Å². The molecule has 4 nitrogen and oxygen atoms in total. The third-order valence-electron chi connectivity index (χ3n) is 2.06. The molecule has 14 heavy (non-hydrogen) atoms. The molecule has 0 aliphatic heterocycles. The molecular weight excluding hydrogens is 178 g/mol. The molecule has 0 fully saturated rings. The fourth-order valence-electron chi connectivity index (χ4n) is 1.02. The molecule has 0 amide bonds. The number of aromatic nitrogens is 2. The third-order valence-corrected chi connectivity index (χ3v) is 2.06. The maximum Gasteiger partial charge on any atom is 0.129 e. The Labute approximate surface area is 84.7 Å². The van der Waals surface area contributed by atoms with E-state index in [2.05, 4.69) is 22.2 Å². The predicted octanol–water partition coefficient (Wildman–Crippen LogP) is 1.49. The first-order chi connectivity index (χ1) is 6.76. The zero-order valence-corrected chi connectivity index (χ0v) is 8.95. The Hall–Kier alpha value is -1.16. The highest BCUT2D eigenvalue weighted by Crippen LogP contribution is 2.04. The summed E-state index contributed by atoms with van der Waals surface area (Å²) in [5, 5.41) is 3.19. The first-order valence-corrected chi connectivity index (χ1v) is 4.83. The Morgan fingerprint density at radius 2 is 2.29 bits per heavy atom. The summed E-state index contributed by atoms with van der Waals surface area (Å²) in [6.07, 6.45) is 2.70. The van der Waals surface area contributed by atoms with Gasteiger partial charge in [0.2, 0.25) is 0 Å². The standard InChI is InChI=1S/C10H17N3O/c1-4-9-5-10(13-7-12-9)11-6-8(2)14-3/h5,7-8H,4,6H2,1-3H3,(H,11,12,13). The van der Waals surface area contributed by atoms with E-state index in [4.69, 9.17) is 4.74 Å². The Bertz CT molecular complexity index is 278. The molecule has 4 heteroatoms. The van der Waals surface area contributed by atoms with Gasteiger partial charge in [-0.2, -0.15) is 0 Å². The summed E-state index contributed by atoms with van der Waals surface area (Å²) < 4.78 is 5.12. The van der Waals surface area contributed by atoms with E-state index in [0.717, 1.165) is 24.5 Å². The van der Waals surface area contributed by atoms with Crippen LogP contribution in [0.3, 0.4) is 0 Å². The predicted molar refractivity (Wildman–Crippen MR) is 56.4 cm³/mol. The Morgan fingerprint density at radius 1 is 1.50 bits per heavy atom. The molecule has 0 radical (unpaired) electrons. The molecule has 0 aliphatic carbocycles. The summed E-state index contributed by atoms with van der Waals surface area (Å²) in [6.45, 7) is 4.84. The van der Waals surface area contributed by atoms with Gasteiger partial charge in [0.05, 0.1) is 6.10 Å². The molecule has 1 rings (SSSR count). The number of hydrogen-bond acceptors (Lipinski definition) is 4.